The molecule has 0 radical (unpaired) electrons. The number of benzene rings is 2. The van der Waals surface area contributed by atoms with Crippen LogP contribution in [0.3, 0.4) is 0 Å². The Labute approximate surface area is 128 Å². The van der Waals surface area contributed by atoms with Crippen molar-refractivity contribution in [3.05, 3.63) is 82.4 Å². The van der Waals surface area contributed by atoms with Crippen molar-refractivity contribution in [3.63, 3.8) is 0 Å². The number of nitrogens with one attached hydrogen (secondary N) is 1. The van der Waals surface area contributed by atoms with E-state index < -0.39 is 0 Å². The Balaban J connectivity index is 2.33. The maximum absolute atomic E-state index is 3.67. The normalized spacial score (nSPS) is 12.0. The van der Waals surface area contributed by atoms with Crippen molar-refractivity contribution >= 4 is 0 Å². The zero-order valence-electron chi connectivity index (χ0n) is 13.5. The zero-order chi connectivity index (χ0) is 15.2. The Hall–Kier alpha value is -1.86. The van der Waals surface area contributed by atoms with Crippen molar-refractivity contribution in [1.82, 2.24) is 5.32 Å². The van der Waals surface area contributed by atoms with E-state index in [-0.39, 0.29) is 6.04 Å². The minimum absolute atomic E-state index is 0.238. The van der Waals surface area contributed by atoms with Crippen LogP contribution in [0.4, 0.5) is 0 Å². The van der Waals surface area contributed by atoms with Crippen LogP contribution < -0.4 is 5.32 Å². The van der Waals surface area contributed by atoms with Gasteiger partial charge >= 0.3 is 0 Å². The molecule has 1 N–H and O–H groups in total. The van der Waals surface area contributed by atoms with Crippen molar-refractivity contribution in [2.45, 2.75) is 33.7 Å². The van der Waals surface area contributed by atoms with E-state index in [1.165, 1.54) is 27.8 Å². The van der Waals surface area contributed by atoms with Crippen LogP contribution in [0.2, 0.25) is 0 Å². The molecule has 0 fully saturated rings. The monoisotopic (exact) mass is 279 g/mol. The molecule has 2 aromatic rings. The van der Waals surface area contributed by atoms with Crippen LogP contribution >= 0.6 is 0 Å². The molecule has 0 aliphatic carbocycles. The van der Waals surface area contributed by atoms with Gasteiger partial charge in [0.1, 0.15) is 0 Å². The summed E-state index contributed by atoms with van der Waals surface area (Å²) in [4.78, 5) is 0. The summed E-state index contributed by atoms with van der Waals surface area (Å²) in [6, 6.07) is 17.6. The Morgan fingerprint density at radius 3 is 2.38 bits per heavy atom. The van der Waals surface area contributed by atoms with Gasteiger partial charge < -0.3 is 5.32 Å². The predicted molar refractivity (Wildman–Crippen MR) is 91.6 cm³/mol. The molecule has 1 nitrogen and oxygen atoms in total. The highest BCUT2D eigenvalue weighted by atomic mass is 14.9. The van der Waals surface area contributed by atoms with Crippen molar-refractivity contribution < 1.29 is 0 Å². The van der Waals surface area contributed by atoms with E-state index >= 15 is 0 Å². The van der Waals surface area contributed by atoms with E-state index in [9.17, 15) is 0 Å². The van der Waals surface area contributed by atoms with Gasteiger partial charge in [-0.05, 0) is 44.4 Å². The summed E-state index contributed by atoms with van der Waals surface area (Å²) >= 11 is 0. The second kappa shape index (κ2) is 7.24. The van der Waals surface area contributed by atoms with Crippen LogP contribution in [0.1, 0.15) is 42.1 Å². The van der Waals surface area contributed by atoms with Crippen LogP contribution in [-0.2, 0) is 0 Å². The smallest absolute Gasteiger partial charge is 0.0581 e. The highest BCUT2D eigenvalue weighted by Crippen LogP contribution is 2.25. The molecule has 1 heteroatoms. The predicted octanol–water partition coefficient (Wildman–Crippen LogP) is 4.95. The number of aryl methyl sites for hydroxylation is 2. The van der Waals surface area contributed by atoms with Gasteiger partial charge in [0.2, 0.25) is 0 Å². The van der Waals surface area contributed by atoms with Crippen LogP contribution in [-0.4, -0.2) is 6.54 Å². The largest absolute Gasteiger partial charge is 0.303 e. The fourth-order valence-corrected chi connectivity index (χ4v) is 2.58. The molecular weight excluding hydrogens is 254 g/mol. The summed E-state index contributed by atoms with van der Waals surface area (Å²) in [6.45, 7) is 9.49. The lowest BCUT2D eigenvalue weighted by atomic mass is 9.94. The summed E-state index contributed by atoms with van der Waals surface area (Å²) in [7, 11) is 0. The Bertz CT molecular complexity index is 607. The molecule has 0 spiro atoms. The topological polar surface area (TPSA) is 12.0 Å². The number of allylic oxidation sites excluding steroid dienone is 1. The van der Waals surface area contributed by atoms with Gasteiger partial charge in [-0.25, -0.2) is 0 Å². The van der Waals surface area contributed by atoms with Gasteiger partial charge in [-0.1, -0.05) is 65.7 Å². The minimum atomic E-state index is 0.238. The molecule has 0 bridgehead atoms. The van der Waals surface area contributed by atoms with Crippen molar-refractivity contribution in [3.8, 4) is 0 Å². The van der Waals surface area contributed by atoms with Gasteiger partial charge in [0.25, 0.3) is 0 Å². The van der Waals surface area contributed by atoms with E-state index in [1.807, 2.05) is 0 Å². The first kappa shape index (κ1) is 15.5. The lowest BCUT2D eigenvalue weighted by Gasteiger charge is -2.21. The molecule has 110 valence electrons. The van der Waals surface area contributed by atoms with E-state index in [2.05, 4.69) is 87.6 Å². The molecule has 0 aromatic heterocycles. The second-order valence-electron chi connectivity index (χ2n) is 5.89. The molecule has 0 heterocycles. The second-order valence-corrected chi connectivity index (χ2v) is 5.89. The first-order valence-electron chi connectivity index (χ1n) is 7.57. The van der Waals surface area contributed by atoms with Gasteiger partial charge in [-0.3, -0.25) is 0 Å². The Morgan fingerprint density at radius 2 is 1.76 bits per heavy atom. The Kier molecular flexibility index (Phi) is 5.35. The van der Waals surface area contributed by atoms with E-state index in [0.717, 1.165) is 6.54 Å². The standard InChI is InChI=1S/C20H25N/c1-15(2)12-13-21-20(18-8-6-5-7-9-18)19-11-10-16(3)14-17(19)4/h5-12,14,20-21H,13H2,1-4H3. The van der Waals surface area contributed by atoms with Crippen molar-refractivity contribution in [2.75, 3.05) is 6.54 Å². The van der Waals surface area contributed by atoms with E-state index in [4.69, 9.17) is 0 Å². The molecule has 0 saturated heterocycles. The summed E-state index contributed by atoms with van der Waals surface area (Å²) < 4.78 is 0. The first-order chi connectivity index (χ1) is 10.1. The Morgan fingerprint density at radius 1 is 1.05 bits per heavy atom. The molecule has 0 aliphatic heterocycles. The molecule has 0 aliphatic rings. The van der Waals surface area contributed by atoms with Crippen LogP contribution in [0.5, 0.6) is 0 Å². The summed E-state index contributed by atoms with van der Waals surface area (Å²) in [5.74, 6) is 0. The SMILES string of the molecule is CC(C)=CCNC(c1ccccc1)c1ccc(C)cc1C. The highest BCUT2D eigenvalue weighted by Gasteiger charge is 2.14. The van der Waals surface area contributed by atoms with E-state index in [0.29, 0.717) is 0 Å². The molecule has 0 saturated carbocycles. The van der Waals surface area contributed by atoms with Gasteiger partial charge in [0.15, 0.2) is 0 Å². The molecule has 1 unspecified atom stereocenters. The third-order valence-corrected chi connectivity index (χ3v) is 3.70. The summed E-state index contributed by atoms with van der Waals surface area (Å²) in [5.41, 5.74) is 6.66. The average Bonchev–Trinajstić information content (AvgIpc) is 2.45. The van der Waals surface area contributed by atoms with Gasteiger partial charge in [-0.15, -0.1) is 0 Å². The molecule has 0 amide bonds. The molecule has 2 rings (SSSR count). The van der Waals surface area contributed by atoms with E-state index in [1.54, 1.807) is 0 Å². The molecule has 21 heavy (non-hydrogen) atoms. The van der Waals surface area contributed by atoms with Crippen LogP contribution in [0.15, 0.2) is 60.2 Å². The van der Waals surface area contributed by atoms with Gasteiger partial charge in [0, 0.05) is 6.54 Å². The molecule has 2 aromatic carbocycles. The fourth-order valence-electron chi connectivity index (χ4n) is 2.58. The average molecular weight is 279 g/mol. The fraction of sp³-hybridized carbons (Fsp3) is 0.300. The summed E-state index contributed by atoms with van der Waals surface area (Å²) in [5, 5.41) is 3.67. The highest BCUT2D eigenvalue weighted by molar-refractivity contribution is 5.39. The maximum atomic E-state index is 3.67. The maximum Gasteiger partial charge on any atom is 0.0581 e. The van der Waals surface area contributed by atoms with Gasteiger partial charge in [0.05, 0.1) is 6.04 Å². The number of hydrogen-bond donors (Lipinski definition) is 1. The third kappa shape index (κ3) is 4.30. The number of hydrogen-bond acceptors (Lipinski definition) is 1. The third-order valence-electron chi connectivity index (χ3n) is 3.70. The number of rotatable bonds is 5. The zero-order valence-corrected chi connectivity index (χ0v) is 13.5. The summed E-state index contributed by atoms with van der Waals surface area (Å²) in [6.07, 6.45) is 2.24. The lowest BCUT2D eigenvalue weighted by Crippen LogP contribution is -2.23. The molecule has 1 atom stereocenters. The molecular formula is C20H25N. The van der Waals surface area contributed by atoms with Crippen molar-refractivity contribution in [2.24, 2.45) is 0 Å². The minimum Gasteiger partial charge on any atom is -0.303 e. The quantitative estimate of drug-likeness (QED) is 0.764. The first-order valence-corrected chi connectivity index (χ1v) is 7.57. The van der Waals surface area contributed by atoms with Crippen molar-refractivity contribution in [1.29, 1.82) is 0 Å². The lowest BCUT2D eigenvalue weighted by molar-refractivity contribution is 0.647. The van der Waals surface area contributed by atoms with Crippen LogP contribution in [0, 0.1) is 13.8 Å². The van der Waals surface area contributed by atoms with Gasteiger partial charge in [-0.2, -0.15) is 0 Å². The van der Waals surface area contributed by atoms with Crippen LogP contribution in [0.25, 0.3) is 0 Å².